The van der Waals surface area contributed by atoms with E-state index in [9.17, 15) is 0 Å². The molecule has 0 rings (SSSR count). The van der Waals surface area contributed by atoms with Gasteiger partial charge < -0.3 is 15.5 Å². The Morgan fingerprint density at radius 3 is 1.92 bits per heavy atom. The molecule has 0 saturated heterocycles. The fraction of sp³-hybridized carbons (Fsp3) is 0.429. The summed E-state index contributed by atoms with van der Waals surface area (Å²) in [5.74, 6) is -1.14. The molecule has 0 aromatic rings. The molecule has 0 heterocycles. The van der Waals surface area contributed by atoms with E-state index >= 15 is 0 Å². The van der Waals surface area contributed by atoms with Crippen molar-refractivity contribution in [1.29, 1.82) is 0 Å². The number of nitrogens with one attached hydrogen (secondary N) is 1. The average Bonchev–Trinajstić information content (AvgIpc) is 2.02. The Labute approximate surface area is 70.4 Å². The van der Waals surface area contributed by atoms with Crippen molar-refractivity contribution in [3.63, 3.8) is 0 Å². The van der Waals surface area contributed by atoms with E-state index in [0.717, 1.165) is 13.0 Å². The molecule has 0 radical (unpaired) electrons. The van der Waals surface area contributed by atoms with Crippen LogP contribution in [0, 0.1) is 12.3 Å². The number of terminal acetylenes is 1. The van der Waals surface area contributed by atoms with Crippen molar-refractivity contribution in [2.45, 2.75) is 6.42 Å². The lowest BCUT2D eigenvalue weighted by Crippen LogP contribution is -2.09. The van der Waals surface area contributed by atoms with Crippen LogP contribution in [0.15, 0.2) is 0 Å². The van der Waals surface area contributed by atoms with E-state index in [-0.39, 0.29) is 0 Å². The molecule has 0 saturated carbocycles. The minimum atomic E-state index is -1.82. The van der Waals surface area contributed by atoms with Crippen molar-refractivity contribution < 1.29 is 19.8 Å². The lowest BCUT2D eigenvalue weighted by molar-refractivity contribution is -0.159. The Kier molecular flexibility index (Phi) is 10.3. The summed E-state index contributed by atoms with van der Waals surface area (Å²) in [4.78, 5) is 18.2. The van der Waals surface area contributed by atoms with E-state index in [4.69, 9.17) is 26.2 Å². The van der Waals surface area contributed by atoms with Crippen LogP contribution < -0.4 is 5.32 Å². The van der Waals surface area contributed by atoms with Crippen LogP contribution in [0.3, 0.4) is 0 Å². The molecular weight excluding hydrogens is 162 g/mol. The topological polar surface area (TPSA) is 86.6 Å². The van der Waals surface area contributed by atoms with E-state index < -0.39 is 11.9 Å². The van der Waals surface area contributed by atoms with E-state index in [2.05, 4.69) is 11.2 Å². The molecule has 0 unspecified atom stereocenters. The number of aliphatic carboxylic acids is 2. The van der Waals surface area contributed by atoms with Crippen molar-refractivity contribution in [2.75, 3.05) is 13.6 Å². The number of rotatable bonds is 2. The summed E-state index contributed by atoms with van der Waals surface area (Å²) in [5, 5.41) is 17.7. The molecule has 68 valence electrons. The molecule has 0 aliphatic heterocycles. The van der Waals surface area contributed by atoms with Crippen LogP contribution in [0.5, 0.6) is 0 Å². The fourth-order valence-electron chi connectivity index (χ4n) is 0.197. The van der Waals surface area contributed by atoms with Gasteiger partial charge in [0.25, 0.3) is 0 Å². The van der Waals surface area contributed by atoms with Gasteiger partial charge in [-0.2, -0.15) is 0 Å². The summed E-state index contributed by atoms with van der Waals surface area (Å²) in [6.07, 6.45) is 5.75. The van der Waals surface area contributed by atoms with Crippen LogP contribution >= 0.6 is 0 Å². The van der Waals surface area contributed by atoms with Crippen molar-refractivity contribution >= 4 is 11.9 Å². The molecule has 5 heteroatoms. The smallest absolute Gasteiger partial charge is 0.414 e. The predicted octanol–water partition coefficient (Wildman–Crippen LogP) is -0.615. The number of carboxylic acid groups (broad SMARTS) is 2. The SMILES string of the molecule is C#CCCNC.O=C(O)C(=O)O. The third-order valence-electron chi connectivity index (χ3n) is 0.702. The van der Waals surface area contributed by atoms with Gasteiger partial charge in [0.2, 0.25) is 0 Å². The monoisotopic (exact) mass is 173 g/mol. The molecule has 0 amide bonds. The molecule has 0 bridgehead atoms. The Bertz CT molecular complexity index is 170. The number of hydrogen-bond acceptors (Lipinski definition) is 3. The van der Waals surface area contributed by atoms with Crippen LogP contribution in [0.2, 0.25) is 0 Å². The second kappa shape index (κ2) is 9.46. The number of carboxylic acids is 2. The van der Waals surface area contributed by atoms with Crippen LogP contribution in [-0.2, 0) is 9.59 Å². The Morgan fingerprint density at radius 2 is 1.83 bits per heavy atom. The van der Waals surface area contributed by atoms with Gasteiger partial charge in [0, 0.05) is 13.0 Å². The quantitative estimate of drug-likeness (QED) is 0.294. The lowest BCUT2D eigenvalue weighted by Gasteiger charge is -1.84. The van der Waals surface area contributed by atoms with Gasteiger partial charge in [-0.15, -0.1) is 12.3 Å². The molecular formula is C7H11NO4. The van der Waals surface area contributed by atoms with Gasteiger partial charge in [-0.1, -0.05) is 0 Å². The largest absolute Gasteiger partial charge is 0.473 e. The summed E-state index contributed by atoms with van der Waals surface area (Å²) < 4.78 is 0. The molecule has 5 nitrogen and oxygen atoms in total. The van der Waals surface area contributed by atoms with Gasteiger partial charge in [-0.05, 0) is 7.05 Å². The van der Waals surface area contributed by atoms with E-state index in [0.29, 0.717) is 0 Å². The lowest BCUT2D eigenvalue weighted by atomic mass is 10.4. The second-order valence-electron chi connectivity index (χ2n) is 1.67. The predicted molar refractivity (Wildman–Crippen MR) is 42.6 cm³/mol. The summed E-state index contributed by atoms with van der Waals surface area (Å²) >= 11 is 0. The highest BCUT2D eigenvalue weighted by molar-refractivity contribution is 6.27. The van der Waals surface area contributed by atoms with Crippen molar-refractivity contribution in [2.24, 2.45) is 0 Å². The zero-order chi connectivity index (χ0) is 9.98. The maximum Gasteiger partial charge on any atom is 0.414 e. The highest BCUT2D eigenvalue weighted by Crippen LogP contribution is 1.63. The minimum Gasteiger partial charge on any atom is -0.473 e. The molecule has 3 N–H and O–H groups in total. The van der Waals surface area contributed by atoms with Gasteiger partial charge in [0.1, 0.15) is 0 Å². The molecule has 0 aromatic carbocycles. The number of hydrogen-bond donors (Lipinski definition) is 3. The van der Waals surface area contributed by atoms with E-state index in [1.165, 1.54) is 0 Å². The van der Waals surface area contributed by atoms with Gasteiger partial charge in [-0.3, -0.25) is 0 Å². The average molecular weight is 173 g/mol. The molecule has 0 aliphatic carbocycles. The Balaban J connectivity index is 0. The summed E-state index contributed by atoms with van der Waals surface area (Å²) in [7, 11) is 1.89. The van der Waals surface area contributed by atoms with Gasteiger partial charge in [0.15, 0.2) is 0 Å². The highest BCUT2D eigenvalue weighted by atomic mass is 16.4. The van der Waals surface area contributed by atoms with E-state index in [1.807, 2.05) is 7.05 Å². The first-order valence-electron chi connectivity index (χ1n) is 3.10. The summed E-state index contributed by atoms with van der Waals surface area (Å²) in [5.41, 5.74) is 0. The Morgan fingerprint density at radius 1 is 1.42 bits per heavy atom. The second-order valence-corrected chi connectivity index (χ2v) is 1.67. The highest BCUT2D eigenvalue weighted by Gasteiger charge is 2.04. The normalized spacial score (nSPS) is 7.33. The molecule has 0 aromatic heterocycles. The zero-order valence-electron chi connectivity index (χ0n) is 6.70. The van der Waals surface area contributed by atoms with Crippen molar-refractivity contribution in [1.82, 2.24) is 5.32 Å². The maximum absolute atomic E-state index is 9.10. The zero-order valence-corrected chi connectivity index (χ0v) is 6.70. The first-order valence-corrected chi connectivity index (χ1v) is 3.10. The van der Waals surface area contributed by atoms with Crippen LogP contribution in [0.4, 0.5) is 0 Å². The van der Waals surface area contributed by atoms with Crippen molar-refractivity contribution in [3.05, 3.63) is 0 Å². The first kappa shape index (κ1) is 13.1. The van der Waals surface area contributed by atoms with Crippen LogP contribution in [0.1, 0.15) is 6.42 Å². The van der Waals surface area contributed by atoms with Gasteiger partial charge in [0.05, 0.1) is 0 Å². The molecule has 12 heavy (non-hydrogen) atoms. The maximum atomic E-state index is 9.10. The van der Waals surface area contributed by atoms with Crippen molar-refractivity contribution in [3.8, 4) is 12.3 Å². The summed E-state index contributed by atoms with van der Waals surface area (Å²) in [6, 6.07) is 0. The third-order valence-corrected chi connectivity index (χ3v) is 0.702. The van der Waals surface area contributed by atoms with Crippen LogP contribution in [-0.4, -0.2) is 35.7 Å². The molecule has 0 aliphatic rings. The van der Waals surface area contributed by atoms with Crippen LogP contribution in [0.25, 0.3) is 0 Å². The first-order chi connectivity index (χ1) is 5.56. The standard InChI is InChI=1S/C5H9N.C2H2O4/c1-3-4-5-6-2;3-1(4)2(5)6/h1,6H,4-5H2,2H3;(H,3,4)(H,5,6). The number of carbonyl (C=O) groups is 2. The van der Waals surface area contributed by atoms with E-state index in [1.54, 1.807) is 0 Å². The third kappa shape index (κ3) is 15.8. The summed E-state index contributed by atoms with van der Waals surface area (Å²) in [6.45, 7) is 0.927. The van der Waals surface area contributed by atoms with Gasteiger partial charge >= 0.3 is 11.9 Å². The minimum absolute atomic E-state index is 0.830. The molecule has 0 atom stereocenters. The molecule has 0 spiro atoms. The fourth-order valence-corrected chi connectivity index (χ4v) is 0.197. The van der Waals surface area contributed by atoms with Gasteiger partial charge in [-0.25, -0.2) is 9.59 Å². The Hall–Kier alpha value is -1.54. The molecule has 0 fully saturated rings.